The Morgan fingerprint density at radius 2 is 1.55 bits per heavy atom. The van der Waals surface area contributed by atoms with E-state index in [9.17, 15) is 14.0 Å². The fraction of sp³-hybridized carbons (Fsp3) is 0.0667. The molecule has 3 rings (SSSR count). The fourth-order valence-electron chi connectivity index (χ4n) is 2.23. The van der Waals surface area contributed by atoms with Gasteiger partial charge in [0.15, 0.2) is 0 Å². The van der Waals surface area contributed by atoms with E-state index >= 15 is 0 Å². The van der Waals surface area contributed by atoms with E-state index in [4.69, 9.17) is 11.6 Å². The maximum absolute atomic E-state index is 13.4. The third kappa shape index (κ3) is 1.65. The first-order valence-electron chi connectivity index (χ1n) is 5.95. The highest BCUT2D eigenvalue weighted by molar-refractivity contribution is 6.40. The van der Waals surface area contributed by atoms with Gasteiger partial charge in [0.1, 0.15) is 5.82 Å². The largest absolute Gasteiger partial charge is 0.268 e. The van der Waals surface area contributed by atoms with Crippen molar-refractivity contribution in [2.45, 2.75) is 6.92 Å². The lowest BCUT2D eigenvalue weighted by molar-refractivity contribution is 0.0926. The van der Waals surface area contributed by atoms with Crippen molar-refractivity contribution >= 4 is 29.1 Å². The number of amides is 2. The minimum absolute atomic E-state index is 0.0690. The SMILES string of the molecule is Cc1c(F)ccc(N2C(=O)c3ccccc3C2=O)c1Cl. The van der Waals surface area contributed by atoms with Gasteiger partial charge >= 0.3 is 0 Å². The molecule has 100 valence electrons. The van der Waals surface area contributed by atoms with Crippen molar-refractivity contribution in [3.63, 3.8) is 0 Å². The van der Waals surface area contributed by atoms with Crippen LogP contribution in [0.25, 0.3) is 0 Å². The molecular weight excluding hydrogens is 281 g/mol. The van der Waals surface area contributed by atoms with Crippen LogP contribution in [0.2, 0.25) is 5.02 Å². The Kier molecular flexibility index (Phi) is 2.83. The number of rotatable bonds is 1. The molecule has 20 heavy (non-hydrogen) atoms. The molecule has 0 N–H and O–H groups in total. The van der Waals surface area contributed by atoms with Crippen LogP contribution in [0.15, 0.2) is 36.4 Å². The number of anilines is 1. The van der Waals surface area contributed by atoms with Crippen LogP contribution >= 0.6 is 11.6 Å². The molecule has 5 heteroatoms. The zero-order chi connectivity index (χ0) is 14.4. The molecule has 1 aliphatic heterocycles. The lowest BCUT2D eigenvalue weighted by Gasteiger charge is -2.17. The van der Waals surface area contributed by atoms with E-state index in [1.807, 2.05) is 0 Å². The van der Waals surface area contributed by atoms with Gasteiger partial charge in [-0.05, 0) is 31.2 Å². The molecule has 2 aromatic rings. The Hall–Kier alpha value is -2.20. The van der Waals surface area contributed by atoms with Crippen LogP contribution in [-0.2, 0) is 0 Å². The number of fused-ring (bicyclic) bond motifs is 1. The van der Waals surface area contributed by atoms with E-state index in [0.29, 0.717) is 11.1 Å². The summed E-state index contributed by atoms with van der Waals surface area (Å²) in [5.74, 6) is -1.37. The number of carbonyl (C=O) groups excluding carboxylic acids is 2. The van der Waals surface area contributed by atoms with Gasteiger partial charge in [-0.15, -0.1) is 0 Å². The van der Waals surface area contributed by atoms with Gasteiger partial charge in [0.2, 0.25) is 0 Å². The van der Waals surface area contributed by atoms with Crippen molar-refractivity contribution in [2.24, 2.45) is 0 Å². The number of imide groups is 1. The molecule has 1 aliphatic rings. The minimum Gasteiger partial charge on any atom is -0.268 e. The molecule has 0 fully saturated rings. The molecule has 1 heterocycles. The first-order valence-corrected chi connectivity index (χ1v) is 6.32. The van der Waals surface area contributed by atoms with E-state index in [-0.39, 0.29) is 16.3 Å². The molecule has 3 nitrogen and oxygen atoms in total. The first-order chi connectivity index (χ1) is 9.52. The van der Waals surface area contributed by atoms with E-state index in [1.165, 1.54) is 19.1 Å². The summed E-state index contributed by atoms with van der Waals surface area (Å²) in [6.45, 7) is 1.50. The van der Waals surface area contributed by atoms with Crippen LogP contribution in [0.3, 0.4) is 0 Å². The minimum atomic E-state index is -0.477. The standard InChI is InChI=1S/C15H9ClFNO2/c1-8-11(17)6-7-12(13(8)16)18-14(19)9-4-2-3-5-10(9)15(18)20/h2-7H,1H3. The Bertz CT molecular complexity index is 723. The predicted octanol–water partition coefficient (Wildman–Crippen LogP) is 3.59. The second-order valence-corrected chi connectivity index (χ2v) is 4.87. The molecule has 0 spiro atoms. The molecule has 0 saturated carbocycles. The number of halogens is 2. The number of hydrogen-bond donors (Lipinski definition) is 0. The topological polar surface area (TPSA) is 37.4 Å². The van der Waals surface area contributed by atoms with Gasteiger partial charge in [0, 0.05) is 5.56 Å². The van der Waals surface area contributed by atoms with E-state index in [2.05, 4.69) is 0 Å². The van der Waals surface area contributed by atoms with Crippen molar-refractivity contribution in [1.82, 2.24) is 0 Å². The quantitative estimate of drug-likeness (QED) is 0.752. The van der Waals surface area contributed by atoms with E-state index in [0.717, 1.165) is 4.90 Å². The normalized spacial score (nSPS) is 13.8. The highest BCUT2D eigenvalue weighted by Crippen LogP contribution is 2.35. The number of nitrogens with zero attached hydrogens (tertiary/aromatic N) is 1. The predicted molar refractivity (Wildman–Crippen MR) is 73.7 cm³/mol. The third-order valence-corrected chi connectivity index (χ3v) is 3.81. The first kappa shape index (κ1) is 12.8. The van der Waals surface area contributed by atoms with E-state index < -0.39 is 17.6 Å². The van der Waals surface area contributed by atoms with Gasteiger partial charge in [0.05, 0.1) is 21.8 Å². The van der Waals surface area contributed by atoms with Gasteiger partial charge in [-0.25, -0.2) is 9.29 Å². The second kappa shape index (κ2) is 4.42. The average Bonchev–Trinajstić information content (AvgIpc) is 2.70. The smallest absolute Gasteiger partial charge is 0.266 e. The summed E-state index contributed by atoms with van der Waals surface area (Å²) in [5.41, 5.74) is 1.07. The summed E-state index contributed by atoms with van der Waals surface area (Å²) in [6, 6.07) is 9.07. The van der Waals surface area contributed by atoms with Crippen LogP contribution in [0.1, 0.15) is 26.3 Å². The van der Waals surface area contributed by atoms with Gasteiger partial charge < -0.3 is 0 Å². The van der Waals surface area contributed by atoms with Crippen LogP contribution in [0.4, 0.5) is 10.1 Å². The summed E-state index contributed by atoms with van der Waals surface area (Å²) in [6.07, 6.45) is 0. The third-order valence-electron chi connectivity index (χ3n) is 3.33. The molecule has 0 atom stereocenters. The van der Waals surface area contributed by atoms with Crippen LogP contribution in [-0.4, -0.2) is 11.8 Å². The summed E-state index contributed by atoms with van der Waals surface area (Å²) in [5, 5.41) is 0.0690. The molecule has 2 amide bonds. The average molecular weight is 290 g/mol. The number of hydrogen-bond acceptors (Lipinski definition) is 2. The molecule has 0 bridgehead atoms. The van der Waals surface area contributed by atoms with Crippen LogP contribution < -0.4 is 4.90 Å². The highest BCUT2D eigenvalue weighted by Gasteiger charge is 2.37. The maximum Gasteiger partial charge on any atom is 0.266 e. The second-order valence-electron chi connectivity index (χ2n) is 4.50. The van der Waals surface area contributed by atoms with Gasteiger partial charge in [-0.3, -0.25) is 9.59 Å². The van der Waals surface area contributed by atoms with Gasteiger partial charge in [0.25, 0.3) is 11.8 Å². The number of carbonyl (C=O) groups is 2. The monoisotopic (exact) mass is 289 g/mol. The van der Waals surface area contributed by atoms with Crippen molar-refractivity contribution in [3.05, 3.63) is 63.9 Å². The van der Waals surface area contributed by atoms with Gasteiger partial charge in [-0.2, -0.15) is 0 Å². The Balaban J connectivity index is 2.17. The number of benzene rings is 2. The lowest BCUT2D eigenvalue weighted by atomic mass is 10.1. The zero-order valence-corrected chi connectivity index (χ0v) is 11.2. The van der Waals surface area contributed by atoms with Crippen molar-refractivity contribution in [3.8, 4) is 0 Å². The highest BCUT2D eigenvalue weighted by atomic mass is 35.5. The van der Waals surface area contributed by atoms with Crippen molar-refractivity contribution in [2.75, 3.05) is 4.90 Å². The van der Waals surface area contributed by atoms with Crippen molar-refractivity contribution in [1.29, 1.82) is 0 Å². The molecule has 0 radical (unpaired) electrons. The molecular formula is C15H9ClFNO2. The summed E-state index contributed by atoms with van der Waals surface area (Å²) in [7, 11) is 0. The van der Waals surface area contributed by atoms with Crippen LogP contribution in [0, 0.1) is 12.7 Å². The molecule has 0 aromatic heterocycles. The van der Waals surface area contributed by atoms with Crippen LogP contribution in [0.5, 0.6) is 0 Å². The fourth-order valence-corrected chi connectivity index (χ4v) is 2.47. The summed E-state index contributed by atoms with van der Waals surface area (Å²) < 4.78 is 13.4. The summed E-state index contributed by atoms with van der Waals surface area (Å²) in [4.78, 5) is 25.6. The maximum atomic E-state index is 13.4. The van der Waals surface area contributed by atoms with Crippen molar-refractivity contribution < 1.29 is 14.0 Å². The lowest BCUT2D eigenvalue weighted by Crippen LogP contribution is -2.29. The summed E-state index contributed by atoms with van der Waals surface area (Å²) >= 11 is 6.07. The molecule has 0 unspecified atom stereocenters. The molecule has 0 aliphatic carbocycles. The van der Waals surface area contributed by atoms with E-state index in [1.54, 1.807) is 24.3 Å². The Morgan fingerprint density at radius 1 is 1.00 bits per heavy atom. The Labute approximate surface area is 119 Å². The Morgan fingerprint density at radius 3 is 2.10 bits per heavy atom. The zero-order valence-electron chi connectivity index (χ0n) is 10.5. The van der Waals surface area contributed by atoms with Gasteiger partial charge in [-0.1, -0.05) is 23.7 Å². The molecule has 0 saturated heterocycles. The molecule has 2 aromatic carbocycles.